The van der Waals surface area contributed by atoms with E-state index >= 15 is 0 Å². The fraction of sp³-hybridized carbons (Fsp3) is 0.250. The Morgan fingerprint density at radius 2 is 2.07 bits per heavy atom. The fourth-order valence-electron chi connectivity index (χ4n) is 1.20. The topological polar surface area (TPSA) is 41.8 Å². The molecule has 78 valence electrons. The van der Waals surface area contributed by atoms with Gasteiger partial charge in [0.15, 0.2) is 0 Å². The highest BCUT2D eigenvalue weighted by Gasteiger charge is 2.26. The van der Waals surface area contributed by atoms with Crippen LogP contribution in [-0.4, -0.2) is 11.3 Å². The quantitative estimate of drug-likeness (QED) is 0.464. The molecule has 1 aromatic rings. The van der Waals surface area contributed by atoms with Crippen molar-refractivity contribution in [3.63, 3.8) is 0 Å². The van der Waals surface area contributed by atoms with Gasteiger partial charge in [0.2, 0.25) is 0 Å². The van der Waals surface area contributed by atoms with Crippen LogP contribution in [0.25, 0.3) is 0 Å². The van der Waals surface area contributed by atoms with Crippen LogP contribution in [0.4, 0.5) is 0 Å². The minimum absolute atomic E-state index is 0.246. The number of phenols is 1. The molecule has 2 rings (SSSR count). The minimum atomic E-state index is 0.246. The minimum Gasteiger partial charge on any atom is -0.508 e. The lowest BCUT2D eigenvalue weighted by Crippen LogP contribution is -1.87. The predicted molar refractivity (Wildman–Crippen MR) is 58.6 cm³/mol. The first-order chi connectivity index (χ1) is 7.25. The monoisotopic (exact) mass is 203 g/mol. The third-order valence-corrected chi connectivity index (χ3v) is 2.30. The van der Waals surface area contributed by atoms with E-state index in [4.69, 9.17) is 9.94 Å². The summed E-state index contributed by atoms with van der Waals surface area (Å²) in [5, 5.41) is 12.9. The molecular weight excluding hydrogens is 190 g/mol. The van der Waals surface area contributed by atoms with E-state index < -0.39 is 0 Å². The molecule has 1 aliphatic carbocycles. The number of benzene rings is 1. The van der Waals surface area contributed by atoms with Crippen molar-refractivity contribution in [2.45, 2.75) is 12.8 Å². The van der Waals surface area contributed by atoms with Gasteiger partial charge in [-0.1, -0.05) is 11.7 Å². The number of rotatable bonds is 4. The normalized spacial score (nSPS) is 15.5. The van der Waals surface area contributed by atoms with Crippen LogP contribution in [-0.2, 0) is 4.84 Å². The molecule has 1 fully saturated rings. The Kier molecular flexibility index (Phi) is 2.72. The maximum absolute atomic E-state index is 9.06. The van der Waals surface area contributed by atoms with Crippen molar-refractivity contribution in [1.29, 1.82) is 0 Å². The third kappa shape index (κ3) is 2.84. The summed E-state index contributed by atoms with van der Waals surface area (Å²) in [6.07, 6.45) is 3.92. The number of hydrogen-bond donors (Lipinski definition) is 1. The van der Waals surface area contributed by atoms with Gasteiger partial charge in [0.25, 0.3) is 0 Å². The summed E-state index contributed by atoms with van der Waals surface area (Å²) in [5.74, 6) is 1.49. The summed E-state index contributed by atoms with van der Waals surface area (Å²) in [7, 11) is 0. The van der Waals surface area contributed by atoms with E-state index in [9.17, 15) is 0 Å². The Bertz CT molecular complexity index is 377. The average Bonchev–Trinajstić information content (AvgIpc) is 3.04. The maximum Gasteiger partial charge on any atom is 0.130 e. The number of hydrogen-bond acceptors (Lipinski definition) is 3. The Labute approximate surface area is 88.7 Å². The molecule has 0 spiro atoms. The van der Waals surface area contributed by atoms with Gasteiger partial charge in [-0.3, -0.25) is 0 Å². The second-order valence-electron chi connectivity index (χ2n) is 3.66. The summed E-state index contributed by atoms with van der Waals surface area (Å²) >= 11 is 0. The highest BCUT2D eigenvalue weighted by Crippen LogP contribution is 2.35. The Morgan fingerprint density at radius 1 is 1.40 bits per heavy atom. The van der Waals surface area contributed by atoms with Crippen molar-refractivity contribution in [3.8, 4) is 5.75 Å². The molecule has 3 nitrogen and oxygen atoms in total. The second-order valence-corrected chi connectivity index (χ2v) is 3.66. The average molecular weight is 203 g/mol. The van der Waals surface area contributed by atoms with Crippen molar-refractivity contribution in [1.82, 2.24) is 0 Å². The standard InChI is InChI=1S/C12H13NO2/c1-9(11-4-5-11)15-13-8-10-2-6-12(14)7-3-10/h2-3,6-8,11,14H,1,4-5H2/b13-8+. The molecule has 0 saturated heterocycles. The van der Waals surface area contributed by atoms with Gasteiger partial charge in [-0.25, -0.2) is 0 Å². The zero-order chi connectivity index (χ0) is 10.7. The van der Waals surface area contributed by atoms with Gasteiger partial charge >= 0.3 is 0 Å². The predicted octanol–water partition coefficient (Wildman–Crippen LogP) is 2.67. The van der Waals surface area contributed by atoms with Gasteiger partial charge < -0.3 is 9.94 Å². The fourth-order valence-corrected chi connectivity index (χ4v) is 1.20. The molecule has 1 aromatic carbocycles. The molecule has 0 heterocycles. The van der Waals surface area contributed by atoms with Crippen LogP contribution in [0.3, 0.4) is 0 Å². The molecule has 0 unspecified atom stereocenters. The zero-order valence-corrected chi connectivity index (χ0v) is 8.39. The van der Waals surface area contributed by atoms with E-state index in [1.165, 1.54) is 0 Å². The molecule has 3 heteroatoms. The van der Waals surface area contributed by atoms with E-state index in [0.29, 0.717) is 5.92 Å². The number of oxime groups is 1. The van der Waals surface area contributed by atoms with Crippen LogP contribution in [0.5, 0.6) is 5.75 Å². The number of phenolic OH excluding ortho intramolecular Hbond substituents is 1. The molecule has 0 radical (unpaired) electrons. The molecule has 15 heavy (non-hydrogen) atoms. The summed E-state index contributed by atoms with van der Waals surface area (Å²) in [4.78, 5) is 5.11. The molecule has 0 aromatic heterocycles. The SMILES string of the molecule is C=C(O/N=C/c1ccc(O)cc1)C1CC1. The summed E-state index contributed by atoms with van der Waals surface area (Å²) in [6.45, 7) is 3.79. The van der Waals surface area contributed by atoms with Crippen molar-refractivity contribution in [3.05, 3.63) is 42.2 Å². The van der Waals surface area contributed by atoms with E-state index in [1.807, 2.05) is 0 Å². The van der Waals surface area contributed by atoms with Crippen molar-refractivity contribution < 1.29 is 9.94 Å². The van der Waals surface area contributed by atoms with Crippen molar-refractivity contribution >= 4 is 6.21 Å². The first-order valence-corrected chi connectivity index (χ1v) is 4.94. The second kappa shape index (κ2) is 4.17. The zero-order valence-electron chi connectivity index (χ0n) is 8.39. The van der Waals surface area contributed by atoms with Crippen LogP contribution >= 0.6 is 0 Å². The summed E-state index contributed by atoms with van der Waals surface area (Å²) in [5.41, 5.74) is 0.886. The van der Waals surface area contributed by atoms with Gasteiger partial charge in [-0.05, 0) is 42.7 Å². The molecular formula is C12H13NO2. The van der Waals surface area contributed by atoms with Crippen LogP contribution < -0.4 is 0 Å². The van der Waals surface area contributed by atoms with Gasteiger partial charge in [0.1, 0.15) is 11.5 Å². The smallest absolute Gasteiger partial charge is 0.130 e. The molecule has 0 atom stereocenters. The first kappa shape index (κ1) is 9.77. The Balaban J connectivity index is 1.87. The van der Waals surface area contributed by atoms with E-state index in [0.717, 1.165) is 24.2 Å². The maximum atomic E-state index is 9.06. The van der Waals surface area contributed by atoms with E-state index in [1.54, 1.807) is 30.5 Å². The molecule has 1 N–H and O–H groups in total. The molecule has 0 aliphatic heterocycles. The van der Waals surface area contributed by atoms with Crippen LogP contribution in [0.1, 0.15) is 18.4 Å². The van der Waals surface area contributed by atoms with Crippen molar-refractivity contribution in [2.75, 3.05) is 0 Å². The lowest BCUT2D eigenvalue weighted by molar-refractivity contribution is 0.214. The summed E-state index contributed by atoms with van der Waals surface area (Å²) in [6, 6.07) is 6.75. The lowest BCUT2D eigenvalue weighted by Gasteiger charge is -1.98. The first-order valence-electron chi connectivity index (χ1n) is 4.94. The van der Waals surface area contributed by atoms with Crippen LogP contribution in [0.15, 0.2) is 41.8 Å². The van der Waals surface area contributed by atoms with E-state index in [-0.39, 0.29) is 5.75 Å². The number of aromatic hydroxyl groups is 1. The largest absolute Gasteiger partial charge is 0.508 e. The van der Waals surface area contributed by atoms with E-state index in [2.05, 4.69) is 11.7 Å². The Morgan fingerprint density at radius 3 is 2.67 bits per heavy atom. The highest BCUT2D eigenvalue weighted by molar-refractivity contribution is 5.79. The van der Waals surface area contributed by atoms with Gasteiger partial charge in [0, 0.05) is 5.92 Å². The lowest BCUT2D eigenvalue weighted by atomic mass is 10.2. The number of nitrogens with zero attached hydrogens (tertiary/aromatic N) is 1. The molecule has 0 amide bonds. The van der Waals surface area contributed by atoms with Crippen molar-refractivity contribution in [2.24, 2.45) is 11.1 Å². The molecule has 1 aliphatic rings. The highest BCUT2D eigenvalue weighted by atomic mass is 16.6. The van der Waals surface area contributed by atoms with Crippen LogP contribution in [0.2, 0.25) is 0 Å². The van der Waals surface area contributed by atoms with Crippen LogP contribution in [0, 0.1) is 5.92 Å². The molecule has 0 bridgehead atoms. The Hall–Kier alpha value is -1.77. The van der Waals surface area contributed by atoms with Gasteiger partial charge in [-0.15, -0.1) is 0 Å². The summed E-state index contributed by atoms with van der Waals surface area (Å²) < 4.78 is 0. The van der Waals surface area contributed by atoms with Gasteiger partial charge in [0.05, 0.1) is 6.21 Å². The number of allylic oxidation sites excluding steroid dienone is 1. The third-order valence-electron chi connectivity index (χ3n) is 2.30. The van der Waals surface area contributed by atoms with Gasteiger partial charge in [-0.2, -0.15) is 0 Å². The molecule has 1 saturated carbocycles.